The number of terminal acetylenes is 1. The highest BCUT2D eigenvalue weighted by molar-refractivity contribution is 4.97. The number of rotatable bonds is 4. The predicted octanol–water partition coefficient (Wildman–Crippen LogP) is 0.921. The van der Waals surface area contributed by atoms with Crippen LogP contribution in [-0.2, 0) is 13.6 Å². The zero-order chi connectivity index (χ0) is 9.68. The summed E-state index contributed by atoms with van der Waals surface area (Å²) in [5.41, 5.74) is 1.17. The molecule has 0 amide bonds. The molecular formula is C10H15N3. The summed E-state index contributed by atoms with van der Waals surface area (Å²) < 4.78 is 2.00. The van der Waals surface area contributed by atoms with Crippen LogP contribution in [-0.4, -0.2) is 15.6 Å². The molecule has 3 heteroatoms. The van der Waals surface area contributed by atoms with Gasteiger partial charge in [0.05, 0.1) is 12.0 Å². The Hall–Kier alpha value is -1.27. The highest BCUT2D eigenvalue weighted by Crippen LogP contribution is 1.97. The summed E-state index contributed by atoms with van der Waals surface area (Å²) in [7, 11) is 1.98. The van der Waals surface area contributed by atoms with Crippen molar-refractivity contribution in [1.82, 2.24) is 14.9 Å². The molecule has 0 radical (unpaired) electrons. The van der Waals surface area contributed by atoms with Crippen molar-refractivity contribution in [2.45, 2.75) is 25.9 Å². The molecule has 0 aliphatic carbocycles. The van der Waals surface area contributed by atoms with Gasteiger partial charge in [-0.25, -0.2) is 4.98 Å². The van der Waals surface area contributed by atoms with E-state index in [9.17, 15) is 0 Å². The normalized spacial score (nSPS) is 12.4. The van der Waals surface area contributed by atoms with Crippen LogP contribution in [0.1, 0.15) is 19.0 Å². The summed E-state index contributed by atoms with van der Waals surface area (Å²) in [5.74, 6) is 2.63. The van der Waals surface area contributed by atoms with E-state index in [1.54, 1.807) is 6.33 Å². The molecule has 0 aromatic carbocycles. The first-order chi connectivity index (χ1) is 6.24. The van der Waals surface area contributed by atoms with Gasteiger partial charge in [-0.2, -0.15) is 0 Å². The van der Waals surface area contributed by atoms with Crippen LogP contribution in [0.15, 0.2) is 12.5 Å². The van der Waals surface area contributed by atoms with Crippen molar-refractivity contribution in [2.24, 2.45) is 7.05 Å². The molecule has 1 rings (SSSR count). The topological polar surface area (TPSA) is 29.9 Å². The maximum absolute atomic E-state index is 5.20. The lowest BCUT2D eigenvalue weighted by molar-refractivity contribution is 0.545. The fraction of sp³-hybridized carbons (Fsp3) is 0.500. The van der Waals surface area contributed by atoms with Gasteiger partial charge in [-0.15, -0.1) is 12.3 Å². The minimum atomic E-state index is 0.361. The molecule has 1 heterocycles. The van der Waals surface area contributed by atoms with E-state index in [1.807, 2.05) is 17.8 Å². The third-order valence-electron chi connectivity index (χ3n) is 1.97. The van der Waals surface area contributed by atoms with Gasteiger partial charge in [-0.05, 0) is 6.92 Å². The molecule has 0 spiro atoms. The van der Waals surface area contributed by atoms with Gasteiger partial charge in [0, 0.05) is 32.3 Å². The first-order valence-corrected chi connectivity index (χ1v) is 4.36. The van der Waals surface area contributed by atoms with Gasteiger partial charge in [-0.1, -0.05) is 0 Å². The van der Waals surface area contributed by atoms with E-state index in [0.717, 1.165) is 13.0 Å². The molecule has 1 N–H and O–H groups in total. The summed E-state index contributed by atoms with van der Waals surface area (Å²) in [6.45, 7) is 2.90. The molecule has 0 aliphatic heterocycles. The molecule has 13 heavy (non-hydrogen) atoms. The molecule has 0 fully saturated rings. The number of nitrogens with zero attached hydrogens (tertiary/aromatic N) is 2. The third-order valence-corrected chi connectivity index (χ3v) is 1.97. The minimum Gasteiger partial charge on any atom is -0.337 e. The van der Waals surface area contributed by atoms with Crippen molar-refractivity contribution in [3.8, 4) is 12.3 Å². The van der Waals surface area contributed by atoms with Crippen molar-refractivity contribution < 1.29 is 0 Å². The summed E-state index contributed by atoms with van der Waals surface area (Å²) in [4.78, 5) is 4.03. The van der Waals surface area contributed by atoms with E-state index >= 15 is 0 Å². The Bertz CT molecular complexity index is 295. The Morgan fingerprint density at radius 3 is 3.08 bits per heavy atom. The monoisotopic (exact) mass is 177 g/mol. The number of nitrogens with one attached hydrogen (secondary N) is 1. The van der Waals surface area contributed by atoms with Crippen LogP contribution in [0.5, 0.6) is 0 Å². The number of aromatic nitrogens is 2. The van der Waals surface area contributed by atoms with Crippen LogP contribution in [0, 0.1) is 12.3 Å². The molecule has 3 nitrogen and oxygen atoms in total. The summed E-state index contributed by atoms with van der Waals surface area (Å²) in [6, 6.07) is 0.361. The molecule has 0 saturated heterocycles. The third kappa shape index (κ3) is 2.92. The largest absolute Gasteiger partial charge is 0.337 e. The summed E-state index contributed by atoms with van der Waals surface area (Å²) in [5, 5.41) is 3.32. The lowest BCUT2D eigenvalue weighted by atomic mass is 10.2. The van der Waals surface area contributed by atoms with Gasteiger partial charge in [-0.3, -0.25) is 0 Å². The van der Waals surface area contributed by atoms with Crippen molar-refractivity contribution >= 4 is 0 Å². The maximum atomic E-state index is 5.20. The highest BCUT2D eigenvalue weighted by atomic mass is 15.0. The summed E-state index contributed by atoms with van der Waals surface area (Å²) in [6.07, 6.45) is 9.61. The van der Waals surface area contributed by atoms with E-state index in [1.165, 1.54) is 5.69 Å². The second kappa shape index (κ2) is 4.68. The van der Waals surface area contributed by atoms with Crippen LogP contribution < -0.4 is 5.32 Å². The van der Waals surface area contributed by atoms with Gasteiger partial charge < -0.3 is 9.88 Å². The number of imidazole rings is 1. The van der Waals surface area contributed by atoms with Gasteiger partial charge in [0.15, 0.2) is 0 Å². The van der Waals surface area contributed by atoms with E-state index in [0.29, 0.717) is 6.04 Å². The van der Waals surface area contributed by atoms with Gasteiger partial charge >= 0.3 is 0 Å². The fourth-order valence-corrected chi connectivity index (χ4v) is 1.08. The quantitative estimate of drug-likeness (QED) is 0.693. The molecular weight excluding hydrogens is 162 g/mol. The van der Waals surface area contributed by atoms with Crippen LogP contribution in [0.2, 0.25) is 0 Å². The number of hydrogen-bond donors (Lipinski definition) is 1. The Morgan fingerprint density at radius 2 is 2.54 bits per heavy atom. The smallest absolute Gasteiger partial charge is 0.0945 e. The average molecular weight is 177 g/mol. The van der Waals surface area contributed by atoms with Gasteiger partial charge in [0.2, 0.25) is 0 Å². The zero-order valence-corrected chi connectivity index (χ0v) is 8.12. The molecule has 1 aromatic heterocycles. The SMILES string of the molecule is C#CCC(C)NCc1cncn1C. The second-order valence-corrected chi connectivity index (χ2v) is 3.19. The minimum absolute atomic E-state index is 0.361. The molecule has 1 aromatic rings. The van der Waals surface area contributed by atoms with Crippen molar-refractivity contribution in [3.05, 3.63) is 18.2 Å². The van der Waals surface area contributed by atoms with Crippen LogP contribution in [0.4, 0.5) is 0 Å². The lowest BCUT2D eigenvalue weighted by Gasteiger charge is -2.10. The highest BCUT2D eigenvalue weighted by Gasteiger charge is 2.01. The van der Waals surface area contributed by atoms with Crippen molar-refractivity contribution in [1.29, 1.82) is 0 Å². The molecule has 0 bridgehead atoms. The Morgan fingerprint density at radius 1 is 1.77 bits per heavy atom. The van der Waals surface area contributed by atoms with Crippen molar-refractivity contribution in [3.63, 3.8) is 0 Å². The van der Waals surface area contributed by atoms with E-state index in [4.69, 9.17) is 6.42 Å². The number of aryl methyl sites for hydroxylation is 1. The van der Waals surface area contributed by atoms with E-state index < -0.39 is 0 Å². The standard InChI is InChI=1S/C10H15N3/c1-4-5-9(2)12-7-10-6-11-8-13(10)3/h1,6,8-9,12H,5,7H2,2-3H3. The Balaban J connectivity index is 2.36. The second-order valence-electron chi connectivity index (χ2n) is 3.19. The predicted molar refractivity (Wildman–Crippen MR) is 53.0 cm³/mol. The number of hydrogen-bond acceptors (Lipinski definition) is 2. The van der Waals surface area contributed by atoms with Crippen LogP contribution >= 0.6 is 0 Å². The Kier molecular flexibility index (Phi) is 3.53. The first-order valence-electron chi connectivity index (χ1n) is 4.36. The average Bonchev–Trinajstić information content (AvgIpc) is 2.48. The van der Waals surface area contributed by atoms with Crippen LogP contribution in [0.3, 0.4) is 0 Å². The molecule has 1 unspecified atom stereocenters. The zero-order valence-electron chi connectivity index (χ0n) is 8.12. The molecule has 0 saturated carbocycles. The maximum Gasteiger partial charge on any atom is 0.0945 e. The van der Waals surface area contributed by atoms with Crippen molar-refractivity contribution in [2.75, 3.05) is 0 Å². The van der Waals surface area contributed by atoms with Gasteiger partial charge in [0.1, 0.15) is 0 Å². The molecule has 1 atom stereocenters. The lowest BCUT2D eigenvalue weighted by Crippen LogP contribution is -2.25. The Labute approximate surface area is 79.2 Å². The molecule has 0 aliphatic rings. The fourth-order valence-electron chi connectivity index (χ4n) is 1.08. The van der Waals surface area contributed by atoms with Gasteiger partial charge in [0.25, 0.3) is 0 Å². The van der Waals surface area contributed by atoms with E-state index in [2.05, 4.69) is 23.1 Å². The molecule has 70 valence electrons. The first kappa shape index (κ1) is 9.82. The summed E-state index contributed by atoms with van der Waals surface area (Å²) >= 11 is 0. The van der Waals surface area contributed by atoms with Crippen LogP contribution in [0.25, 0.3) is 0 Å². The van der Waals surface area contributed by atoms with E-state index in [-0.39, 0.29) is 0 Å².